The first kappa shape index (κ1) is 22.7. The fraction of sp³-hybridized carbons (Fsp3) is 0.409. The summed E-state index contributed by atoms with van der Waals surface area (Å²) < 4.78 is 47.4. The number of ether oxygens (including phenoxy) is 1. The standard InChI is InChI=1S/C22H23F3N4O2/c1-16-18(9-6-10-27-16)19(15-26)28-11-13-29(14-12-28)20(30)21(31-2,22(23,24)25)17-7-4-3-5-8-17/h3-10,19H,11-14H2,1-2H3/t19?,21-/m0/s1. The molecular formula is C22H23F3N4O2. The minimum atomic E-state index is -4.95. The Hall–Kier alpha value is -2.96. The Bertz CT molecular complexity index is 953. The lowest BCUT2D eigenvalue weighted by molar-refractivity contribution is -0.270. The van der Waals surface area contributed by atoms with E-state index < -0.39 is 23.7 Å². The van der Waals surface area contributed by atoms with E-state index in [1.807, 2.05) is 11.0 Å². The van der Waals surface area contributed by atoms with Crippen LogP contribution in [0.4, 0.5) is 13.2 Å². The number of nitriles is 1. The number of hydrogen-bond donors (Lipinski definition) is 0. The lowest BCUT2D eigenvalue weighted by Crippen LogP contribution is -2.60. The van der Waals surface area contributed by atoms with E-state index in [0.29, 0.717) is 5.69 Å². The number of benzene rings is 1. The maximum absolute atomic E-state index is 14.2. The van der Waals surface area contributed by atoms with Crippen LogP contribution in [0.2, 0.25) is 0 Å². The molecule has 164 valence electrons. The Kier molecular flexibility index (Phi) is 6.62. The van der Waals surface area contributed by atoms with Gasteiger partial charge in [-0.2, -0.15) is 18.4 Å². The van der Waals surface area contributed by atoms with Crippen molar-refractivity contribution in [2.24, 2.45) is 0 Å². The topological polar surface area (TPSA) is 69.5 Å². The van der Waals surface area contributed by atoms with Crippen molar-refractivity contribution in [2.75, 3.05) is 33.3 Å². The summed E-state index contributed by atoms with van der Waals surface area (Å²) in [7, 11) is 0.894. The first-order valence-electron chi connectivity index (χ1n) is 9.78. The Labute approximate surface area is 178 Å². The highest BCUT2D eigenvalue weighted by Crippen LogP contribution is 2.43. The van der Waals surface area contributed by atoms with E-state index in [1.165, 1.54) is 24.3 Å². The summed E-state index contributed by atoms with van der Waals surface area (Å²) in [6, 6.07) is 12.1. The summed E-state index contributed by atoms with van der Waals surface area (Å²) in [5, 5.41) is 9.69. The fourth-order valence-corrected chi connectivity index (χ4v) is 3.94. The molecule has 0 aliphatic carbocycles. The second-order valence-corrected chi connectivity index (χ2v) is 7.29. The van der Waals surface area contributed by atoms with Crippen LogP contribution in [0.1, 0.15) is 22.9 Å². The third-order valence-corrected chi connectivity index (χ3v) is 5.62. The third-order valence-electron chi connectivity index (χ3n) is 5.62. The largest absolute Gasteiger partial charge is 0.430 e. The molecule has 0 saturated carbocycles. The minimum Gasteiger partial charge on any atom is -0.356 e. The Balaban J connectivity index is 1.83. The van der Waals surface area contributed by atoms with Gasteiger partial charge in [-0.1, -0.05) is 36.4 Å². The van der Waals surface area contributed by atoms with Gasteiger partial charge in [-0.05, 0) is 13.0 Å². The highest BCUT2D eigenvalue weighted by atomic mass is 19.4. The van der Waals surface area contributed by atoms with E-state index in [0.717, 1.165) is 17.6 Å². The first-order chi connectivity index (χ1) is 14.8. The van der Waals surface area contributed by atoms with Crippen molar-refractivity contribution in [3.63, 3.8) is 0 Å². The molecule has 0 spiro atoms. The van der Waals surface area contributed by atoms with Crippen LogP contribution >= 0.6 is 0 Å². The Morgan fingerprint density at radius 3 is 2.29 bits per heavy atom. The van der Waals surface area contributed by atoms with Crippen molar-refractivity contribution >= 4 is 5.91 Å². The molecule has 1 unspecified atom stereocenters. The van der Waals surface area contributed by atoms with Crippen LogP contribution in [0.5, 0.6) is 0 Å². The van der Waals surface area contributed by atoms with Gasteiger partial charge in [-0.15, -0.1) is 0 Å². The van der Waals surface area contributed by atoms with E-state index in [1.54, 1.807) is 25.3 Å². The van der Waals surface area contributed by atoms with Crippen LogP contribution in [0, 0.1) is 18.3 Å². The summed E-state index contributed by atoms with van der Waals surface area (Å²) in [6.07, 6.45) is -3.31. The van der Waals surface area contributed by atoms with Gasteiger partial charge >= 0.3 is 6.18 Å². The van der Waals surface area contributed by atoms with Gasteiger partial charge in [0.1, 0.15) is 6.04 Å². The first-order valence-corrected chi connectivity index (χ1v) is 9.78. The van der Waals surface area contributed by atoms with Gasteiger partial charge < -0.3 is 9.64 Å². The summed E-state index contributed by atoms with van der Waals surface area (Å²) in [5.74, 6) is -1.15. The molecule has 1 amide bonds. The number of rotatable bonds is 5. The van der Waals surface area contributed by atoms with Crippen LogP contribution in [0.15, 0.2) is 48.7 Å². The number of carbonyl (C=O) groups excluding carboxylic acids is 1. The lowest BCUT2D eigenvalue weighted by Gasteiger charge is -2.42. The molecule has 1 aliphatic heterocycles. The van der Waals surface area contributed by atoms with Gasteiger partial charge in [0.25, 0.3) is 11.5 Å². The Morgan fingerprint density at radius 1 is 1.13 bits per heavy atom. The van der Waals surface area contributed by atoms with Gasteiger partial charge in [-0.25, -0.2) is 0 Å². The number of halogens is 3. The predicted molar refractivity (Wildman–Crippen MR) is 107 cm³/mol. The number of hydrogen-bond acceptors (Lipinski definition) is 5. The molecule has 6 nitrogen and oxygen atoms in total. The van der Waals surface area contributed by atoms with Crippen molar-refractivity contribution in [1.29, 1.82) is 5.26 Å². The molecule has 1 aliphatic rings. The van der Waals surface area contributed by atoms with Crippen LogP contribution in [0.3, 0.4) is 0 Å². The normalized spacial score (nSPS) is 18.1. The average molecular weight is 432 g/mol. The molecule has 9 heteroatoms. The second-order valence-electron chi connectivity index (χ2n) is 7.29. The van der Waals surface area contributed by atoms with Gasteiger partial charge in [0, 0.05) is 56.3 Å². The number of nitrogens with zero attached hydrogens (tertiary/aromatic N) is 4. The number of methoxy groups -OCH3 is 1. The molecule has 3 rings (SSSR count). The molecule has 1 aromatic carbocycles. The highest BCUT2D eigenvalue weighted by molar-refractivity contribution is 5.88. The predicted octanol–water partition coefficient (Wildman–Crippen LogP) is 3.20. The number of amides is 1. The van der Waals surface area contributed by atoms with Crippen molar-refractivity contribution < 1.29 is 22.7 Å². The number of piperazine rings is 1. The zero-order valence-corrected chi connectivity index (χ0v) is 17.3. The molecule has 2 aromatic rings. The second kappa shape index (κ2) is 9.04. The molecule has 2 heterocycles. The third kappa shape index (κ3) is 4.13. The van der Waals surface area contributed by atoms with E-state index >= 15 is 0 Å². The number of carbonyl (C=O) groups is 1. The molecule has 31 heavy (non-hydrogen) atoms. The average Bonchev–Trinajstić information content (AvgIpc) is 2.76. The van der Waals surface area contributed by atoms with Crippen LogP contribution in [-0.2, 0) is 15.1 Å². The molecule has 0 radical (unpaired) electrons. The number of pyridine rings is 1. The maximum Gasteiger partial charge on any atom is 0.430 e. The van der Waals surface area contributed by atoms with Gasteiger partial charge in [-0.3, -0.25) is 14.7 Å². The van der Waals surface area contributed by atoms with E-state index in [-0.39, 0.29) is 31.7 Å². The molecule has 2 atom stereocenters. The zero-order valence-electron chi connectivity index (χ0n) is 17.3. The monoisotopic (exact) mass is 432 g/mol. The zero-order chi connectivity index (χ0) is 22.6. The van der Waals surface area contributed by atoms with Crippen molar-refractivity contribution in [3.05, 3.63) is 65.5 Å². The number of aryl methyl sites for hydroxylation is 1. The maximum atomic E-state index is 14.2. The molecule has 1 saturated heterocycles. The summed E-state index contributed by atoms with van der Waals surface area (Å²) in [6.45, 7) is 2.40. The van der Waals surface area contributed by atoms with E-state index in [4.69, 9.17) is 4.74 Å². The lowest BCUT2D eigenvalue weighted by atomic mass is 9.90. The Morgan fingerprint density at radius 2 is 1.77 bits per heavy atom. The summed E-state index contributed by atoms with van der Waals surface area (Å²) in [5.41, 5.74) is -1.88. The smallest absolute Gasteiger partial charge is 0.356 e. The van der Waals surface area contributed by atoms with Crippen LogP contribution in [0.25, 0.3) is 0 Å². The summed E-state index contributed by atoms with van der Waals surface area (Å²) >= 11 is 0. The summed E-state index contributed by atoms with van der Waals surface area (Å²) in [4.78, 5) is 20.4. The SMILES string of the molecule is CO[C@](C(=O)N1CCN(C(C#N)c2cccnc2C)CC1)(c1ccccc1)C(F)(F)F. The molecule has 1 aromatic heterocycles. The van der Waals surface area contributed by atoms with Crippen molar-refractivity contribution in [2.45, 2.75) is 24.7 Å². The minimum absolute atomic E-state index is 0.0460. The molecular weight excluding hydrogens is 409 g/mol. The van der Waals surface area contributed by atoms with Crippen LogP contribution in [-0.4, -0.2) is 60.2 Å². The fourth-order valence-electron chi connectivity index (χ4n) is 3.94. The number of alkyl halides is 3. The van der Waals surface area contributed by atoms with Gasteiger partial charge in [0.15, 0.2) is 0 Å². The molecule has 1 fully saturated rings. The highest BCUT2D eigenvalue weighted by Gasteiger charge is 2.63. The quantitative estimate of drug-likeness (QED) is 0.726. The van der Waals surface area contributed by atoms with Crippen LogP contribution < -0.4 is 0 Å². The molecule has 0 bridgehead atoms. The van der Waals surface area contributed by atoms with Gasteiger partial charge in [0.05, 0.1) is 6.07 Å². The molecule has 0 N–H and O–H groups in total. The van der Waals surface area contributed by atoms with Crippen molar-refractivity contribution in [3.8, 4) is 6.07 Å². The van der Waals surface area contributed by atoms with Gasteiger partial charge in [0.2, 0.25) is 0 Å². The van der Waals surface area contributed by atoms with E-state index in [9.17, 15) is 23.2 Å². The van der Waals surface area contributed by atoms with E-state index in [2.05, 4.69) is 11.1 Å². The number of aromatic nitrogens is 1. The van der Waals surface area contributed by atoms with Crippen molar-refractivity contribution in [1.82, 2.24) is 14.8 Å².